The van der Waals surface area contributed by atoms with E-state index in [1.165, 1.54) is 5.56 Å². The van der Waals surface area contributed by atoms with Crippen molar-refractivity contribution in [2.75, 3.05) is 38.7 Å². The van der Waals surface area contributed by atoms with Crippen LogP contribution >= 0.6 is 0 Å². The predicted octanol–water partition coefficient (Wildman–Crippen LogP) is 3.23. The molecule has 1 aliphatic heterocycles. The summed E-state index contributed by atoms with van der Waals surface area (Å²) in [7, 11) is 1.67. The molecule has 1 aliphatic rings. The smallest absolute Gasteiger partial charge is 0.272 e. The molecule has 3 rings (SSSR count). The van der Waals surface area contributed by atoms with E-state index in [0.29, 0.717) is 18.2 Å². The molecule has 138 valence electrons. The third-order valence-electron chi connectivity index (χ3n) is 4.89. The van der Waals surface area contributed by atoms with E-state index < -0.39 is 0 Å². The molecule has 1 aromatic carbocycles. The number of likely N-dealkylation sites (tertiary alicyclic amines) is 1. The molecule has 0 unspecified atom stereocenters. The van der Waals surface area contributed by atoms with Crippen molar-refractivity contribution >= 4 is 11.6 Å². The van der Waals surface area contributed by atoms with Gasteiger partial charge in [0.1, 0.15) is 5.69 Å². The van der Waals surface area contributed by atoms with Gasteiger partial charge in [0.05, 0.1) is 18.5 Å². The van der Waals surface area contributed by atoms with E-state index in [0.717, 1.165) is 44.6 Å². The van der Waals surface area contributed by atoms with Crippen LogP contribution in [0.3, 0.4) is 0 Å². The largest absolute Gasteiger partial charge is 0.383 e. The number of piperidine rings is 1. The zero-order valence-electron chi connectivity index (χ0n) is 15.4. The summed E-state index contributed by atoms with van der Waals surface area (Å²) in [4.78, 5) is 18.9. The Morgan fingerprint density at radius 3 is 2.62 bits per heavy atom. The topological polar surface area (TPSA) is 54.5 Å². The first-order valence-corrected chi connectivity index (χ1v) is 9.28. The number of aromatic nitrogens is 1. The minimum atomic E-state index is 0.0339. The van der Waals surface area contributed by atoms with Crippen LogP contribution in [0.15, 0.2) is 48.7 Å². The number of nitrogens with zero attached hydrogens (tertiary/aromatic N) is 2. The Balaban J connectivity index is 1.48. The van der Waals surface area contributed by atoms with Crippen molar-refractivity contribution in [3.8, 4) is 0 Å². The average molecular weight is 353 g/mol. The Morgan fingerprint density at radius 2 is 1.96 bits per heavy atom. The number of benzene rings is 1. The van der Waals surface area contributed by atoms with Gasteiger partial charge in [-0.15, -0.1) is 0 Å². The number of amides is 1. The van der Waals surface area contributed by atoms with Crippen LogP contribution in [-0.4, -0.2) is 49.1 Å². The van der Waals surface area contributed by atoms with Gasteiger partial charge >= 0.3 is 0 Å². The van der Waals surface area contributed by atoms with Crippen LogP contribution in [-0.2, 0) is 11.2 Å². The van der Waals surface area contributed by atoms with Crippen molar-refractivity contribution in [3.05, 3.63) is 59.9 Å². The lowest BCUT2D eigenvalue weighted by Crippen LogP contribution is -2.39. The SMILES string of the molecule is COCCNc1ccc(C(=O)N2CCC(Cc3ccccc3)CC2)nc1. The van der Waals surface area contributed by atoms with Gasteiger partial charge in [0.15, 0.2) is 0 Å². The lowest BCUT2D eigenvalue weighted by molar-refractivity contribution is 0.0684. The summed E-state index contributed by atoms with van der Waals surface area (Å²) in [5.74, 6) is 0.688. The molecule has 5 heteroatoms. The average Bonchev–Trinajstić information content (AvgIpc) is 2.70. The number of hydrogen-bond donors (Lipinski definition) is 1. The van der Waals surface area contributed by atoms with E-state index in [1.54, 1.807) is 19.4 Å². The van der Waals surface area contributed by atoms with E-state index >= 15 is 0 Å². The summed E-state index contributed by atoms with van der Waals surface area (Å²) < 4.78 is 5.01. The highest BCUT2D eigenvalue weighted by molar-refractivity contribution is 5.92. The molecule has 1 saturated heterocycles. The van der Waals surface area contributed by atoms with Crippen molar-refractivity contribution in [2.24, 2.45) is 5.92 Å². The Labute approximate surface area is 155 Å². The molecule has 0 saturated carbocycles. The maximum absolute atomic E-state index is 12.7. The van der Waals surface area contributed by atoms with Crippen LogP contribution in [0.25, 0.3) is 0 Å². The number of carbonyl (C=O) groups excluding carboxylic acids is 1. The molecule has 0 atom stereocenters. The Kier molecular flexibility index (Phi) is 6.61. The lowest BCUT2D eigenvalue weighted by atomic mass is 9.90. The monoisotopic (exact) mass is 353 g/mol. The van der Waals surface area contributed by atoms with Crippen LogP contribution in [0.1, 0.15) is 28.9 Å². The number of hydrogen-bond acceptors (Lipinski definition) is 4. The zero-order valence-corrected chi connectivity index (χ0v) is 15.4. The molecule has 0 spiro atoms. The molecule has 0 aliphatic carbocycles. The number of rotatable bonds is 7. The number of anilines is 1. The second kappa shape index (κ2) is 9.34. The third-order valence-corrected chi connectivity index (χ3v) is 4.89. The van der Waals surface area contributed by atoms with Gasteiger partial charge in [-0.25, -0.2) is 4.98 Å². The molecule has 0 radical (unpaired) electrons. The Morgan fingerprint density at radius 1 is 1.19 bits per heavy atom. The van der Waals surface area contributed by atoms with E-state index in [2.05, 4.69) is 40.6 Å². The van der Waals surface area contributed by atoms with Crippen molar-refractivity contribution in [1.82, 2.24) is 9.88 Å². The van der Waals surface area contributed by atoms with Gasteiger partial charge in [0.25, 0.3) is 5.91 Å². The van der Waals surface area contributed by atoms with Crippen LogP contribution in [0.2, 0.25) is 0 Å². The maximum Gasteiger partial charge on any atom is 0.272 e. The minimum absolute atomic E-state index is 0.0339. The summed E-state index contributed by atoms with van der Waals surface area (Å²) in [5.41, 5.74) is 2.81. The quantitative estimate of drug-likeness (QED) is 0.777. The fourth-order valence-electron chi connectivity index (χ4n) is 3.37. The first-order chi connectivity index (χ1) is 12.8. The van der Waals surface area contributed by atoms with Crippen LogP contribution in [0, 0.1) is 5.92 Å². The standard InChI is InChI=1S/C21H27N3O2/c1-26-14-11-22-19-7-8-20(23-16-19)21(25)24-12-9-18(10-13-24)15-17-5-3-2-4-6-17/h2-8,16,18,22H,9-15H2,1H3. The normalized spacial score (nSPS) is 15.0. The molecule has 2 heterocycles. The molecule has 2 aromatic rings. The maximum atomic E-state index is 12.7. The second-order valence-electron chi connectivity index (χ2n) is 6.78. The predicted molar refractivity (Wildman–Crippen MR) is 103 cm³/mol. The van der Waals surface area contributed by atoms with Gasteiger partial charge in [0.2, 0.25) is 0 Å². The zero-order chi connectivity index (χ0) is 18.2. The number of nitrogens with one attached hydrogen (secondary N) is 1. The summed E-state index contributed by atoms with van der Waals surface area (Å²) in [5, 5.41) is 3.21. The Hall–Kier alpha value is -2.40. The molecule has 1 N–H and O–H groups in total. The van der Waals surface area contributed by atoms with Crippen molar-refractivity contribution in [2.45, 2.75) is 19.3 Å². The molecule has 0 bridgehead atoms. The van der Waals surface area contributed by atoms with Gasteiger partial charge in [-0.1, -0.05) is 30.3 Å². The fourth-order valence-corrected chi connectivity index (χ4v) is 3.37. The molecule has 5 nitrogen and oxygen atoms in total. The van der Waals surface area contributed by atoms with Gasteiger partial charge in [-0.05, 0) is 42.9 Å². The highest BCUT2D eigenvalue weighted by Crippen LogP contribution is 2.22. The molecule has 1 aromatic heterocycles. The second-order valence-corrected chi connectivity index (χ2v) is 6.78. The number of methoxy groups -OCH3 is 1. The fraction of sp³-hybridized carbons (Fsp3) is 0.429. The molecule has 1 fully saturated rings. The van der Waals surface area contributed by atoms with Crippen LogP contribution < -0.4 is 5.32 Å². The molecular weight excluding hydrogens is 326 g/mol. The lowest BCUT2D eigenvalue weighted by Gasteiger charge is -2.32. The first kappa shape index (κ1) is 18.4. The van der Waals surface area contributed by atoms with Crippen molar-refractivity contribution in [1.29, 1.82) is 0 Å². The number of pyridine rings is 1. The molecular formula is C21H27N3O2. The summed E-state index contributed by atoms with van der Waals surface area (Å²) in [6.45, 7) is 2.98. The van der Waals surface area contributed by atoms with Gasteiger partial charge in [-0.2, -0.15) is 0 Å². The van der Waals surface area contributed by atoms with Crippen LogP contribution in [0.4, 0.5) is 5.69 Å². The van der Waals surface area contributed by atoms with E-state index in [9.17, 15) is 4.79 Å². The highest BCUT2D eigenvalue weighted by Gasteiger charge is 2.24. The van der Waals surface area contributed by atoms with Gasteiger partial charge in [0, 0.05) is 26.7 Å². The number of ether oxygens (including phenoxy) is 1. The van der Waals surface area contributed by atoms with Crippen molar-refractivity contribution in [3.63, 3.8) is 0 Å². The summed E-state index contributed by atoms with van der Waals surface area (Å²) in [6.07, 6.45) is 4.92. The van der Waals surface area contributed by atoms with Crippen molar-refractivity contribution < 1.29 is 9.53 Å². The van der Waals surface area contributed by atoms with Gasteiger partial charge in [-0.3, -0.25) is 4.79 Å². The van der Waals surface area contributed by atoms with E-state index in [-0.39, 0.29) is 5.91 Å². The Bertz CT molecular complexity index is 680. The van der Waals surface area contributed by atoms with E-state index in [4.69, 9.17) is 4.74 Å². The van der Waals surface area contributed by atoms with Gasteiger partial charge < -0.3 is 15.0 Å². The molecule has 26 heavy (non-hydrogen) atoms. The van der Waals surface area contributed by atoms with E-state index in [1.807, 2.05) is 11.0 Å². The summed E-state index contributed by atoms with van der Waals surface area (Å²) in [6, 6.07) is 14.3. The highest BCUT2D eigenvalue weighted by atomic mass is 16.5. The first-order valence-electron chi connectivity index (χ1n) is 9.28. The third kappa shape index (κ3) is 5.05. The number of carbonyl (C=O) groups is 1. The summed E-state index contributed by atoms with van der Waals surface area (Å²) >= 11 is 0. The van der Waals surface area contributed by atoms with Crippen LogP contribution in [0.5, 0.6) is 0 Å². The minimum Gasteiger partial charge on any atom is -0.383 e. The molecule has 1 amide bonds.